The summed E-state index contributed by atoms with van der Waals surface area (Å²) >= 11 is 0. The zero-order valence-electron chi connectivity index (χ0n) is 15.1. The zero-order valence-corrected chi connectivity index (χ0v) is 16.7. The molecule has 5 nitrogen and oxygen atoms in total. The summed E-state index contributed by atoms with van der Waals surface area (Å²) in [7, 11) is -3.84. The molecule has 9 heteroatoms. The molecule has 2 N–H and O–H groups in total. The van der Waals surface area contributed by atoms with Gasteiger partial charge in [-0.05, 0) is 61.3 Å². The lowest BCUT2D eigenvalue weighted by atomic mass is 9.86. The number of piperidine rings is 1. The molecule has 1 aliphatic rings. The Morgan fingerprint density at radius 3 is 2.57 bits per heavy atom. The number of nitrogens with zero attached hydrogens (tertiary/aromatic N) is 1. The van der Waals surface area contributed by atoms with Crippen molar-refractivity contribution in [2.75, 3.05) is 13.1 Å². The lowest BCUT2D eigenvalue weighted by molar-refractivity contribution is 0.376. The minimum atomic E-state index is -3.84. The molecule has 2 atom stereocenters. The van der Waals surface area contributed by atoms with Gasteiger partial charge in [-0.25, -0.2) is 21.9 Å². The summed E-state index contributed by atoms with van der Waals surface area (Å²) in [6, 6.07) is 9.50. The molecule has 1 heterocycles. The predicted octanol–water partition coefficient (Wildman–Crippen LogP) is 2.99. The maximum Gasteiger partial charge on any atom is 0.241 e. The van der Waals surface area contributed by atoms with Crippen LogP contribution in [0.15, 0.2) is 41.3 Å². The lowest BCUT2D eigenvalue weighted by Crippen LogP contribution is -2.50. The first-order valence-electron chi connectivity index (χ1n) is 8.50. The summed E-state index contributed by atoms with van der Waals surface area (Å²) in [5, 5.41) is 12.1. The van der Waals surface area contributed by atoms with E-state index in [0.717, 1.165) is 12.1 Å². The second kappa shape index (κ2) is 8.97. The molecule has 28 heavy (non-hydrogen) atoms. The van der Waals surface area contributed by atoms with E-state index < -0.39 is 27.7 Å². The molecular formula is C19H20ClF2N3O2S. The van der Waals surface area contributed by atoms with E-state index in [1.807, 2.05) is 6.07 Å². The Morgan fingerprint density at radius 2 is 1.93 bits per heavy atom. The van der Waals surface area contributed by atoms with Crippen LogP contribution in [0.4, 0.5) is 8.78 Å². The van der Waals surface area contributed by atoms with Gasteiger partial charge in [0.1, 0.15) is 0 Å². The van der Waals surface area contributed by atoms with Crippen molar-refractivity contribution < 1.29 is 17.2 Å². The van der Waals surface area contributed by atoms with Crippen LogP contribution in [-0.4, -0.2) is 27.5 Å². The third kappa shape index (κ3) is 4.67. The Balaban J connectivity index is 0.00000280. The van der Waals surface area contributed by atoms with E-state index in [1.165, 1.54) is 24.3 Å². The molecule has 0 amide bonds. The number of hydrogen-bond donors (Lipinski definition) is 2. The van der Waals surface area contributed by atoms with Gasteiger partial charge >= 0.3 is 0 Å². The van der Waals surface area contributed by atoms with Crippen LogP contribution in [0, 0.1) is 29.9 Å². The molecule has 0 saturated carbocycles. The lowest BCUT2D eigenvalue weighted by Gasteiger charge is -2.33. The summed E-state index contributed by atoms with van der Waals surface area (Å²) in [5.41, 5.74) is 1.40. The first-order chi connectivity index (χ1) is 12.8. The van der Waals surface area contributed by atoms with E-state index >= 15 is 0 Å². The van der Waals surface area contributed by atoms with E-state index in [2.05, 4.69) is 10.0 Å². The number of benzene rings is 2. The highest BCUT2D eigenvalue weighted by atomic mass is 35.5. The van der Waals surface area contributed by atoms with Gasteiger partial charge in [0.05, 0.1) is 16.5 Å². The van der Waals surface area contributed by atoms with Crippen molar-refractivity contribution in [3.05, 3.63) is 64.7 Å². The van der Waals surface area contributed by atoms with Gasteiger partial charge in [-0.1, -0.05) is 6.07 Å². The molecule has 2 unspecified atom stereocenters. The molecule has 1 fully saturated rings. The molecule has 2 aromatic carbocycles. The van der Waals surface area contributed by atoms with Crippen LogP contribution in [0.2, 0.25) is 0 Å². The van der Waals surface area contributed by atoms with Gasteiger partial charge in [0.15, 0.2) is 11.6 Å². The molecule has 1 saturated heterocycles. The van der Waals surface area contributed by atoms with Crippen LogP contribution >= 0.6 is 12.4 Å². The first kappa shape index (κ1) is 22.2. The molecule has 0 bridgehead atoms. The van der Waals surface area contributed by atoms with Crippen LogP contribution in [0.5, 0.6) is 0 Å². The van der Waals surface area contributed by atoms with Crippen LogP contribution in [0.1, 0.15) is 29.0 Å². The van der Waals surface area contributed by atoms with Gasteiger partial charge in [-0.2, -0.15) is 5.26 Å². The standard InChI is InChI=1S/C19H19F2N3O2S.ClH/c1-12-8-13(10-22)2-5-19(12)27(25,26)24-18-11-23-7-6-15(18)14-3-4-16(20)17(21)9-14;/h2-5,8-9,15,18,23-24H,6-7,11H2,1H3;1H. The number of hydrogen-bond acceptors (Lipinski definition) is 4. The number of rotatable bonds is 4. The fourth-order valence-corrected chi connectivity index (χ4v) is 4.91. The van der Waals surface area contributed by atoms with Gasteiger partial charge in [0.2, 0.25) is 10.0 Å². The molecule has 0 aliphatic carbocycles. The van der Waals surface area contributed by atoms with Gasteiger partial charge in [-0.15, -0.1) is 12.4 Å². The number of aryl methyl sites for hydroxylation is 1. The van der Waals surface area contributed by atoms with Gasteiger partial charge in [0, 0.05) is 18.5 Å². The van der Waals surface area contributed by atoms with Crippen molar-refractivity contribution in [3.63, 3.8) is 0 Å². The summed E-state index contributed by atoms with van der Waals surface area (Å²) in [4.78, 5) is 0.0936. The minimum Gasteiger partial charge on any atom is -0.315 e. The van der Waals surface area contributed by atoms with Gasteiger partial charge < -0.3 is 5.32 Å². The maximum absolute atomic E-state index is 13.6. The van der Waals surface area contributed by atoms with Crippen molar-refractivity contribution in [2.45, 2.75) is 30.2 Å². The highest BCUT2D eigenvalue weighted by Gasteiger charge is 2.31. The molecule has 2 aromatic rings. The van der Waals surface area contributed by atoms with E-state index in [1.54, 1.807) is 6.92 Å². The Labute approximate surface area is 169 Å². The van der Waals surface area contributed by atoms with Crippen molar-refractivity contribution >= 4 is 22.4 Å². The molecule has 150 valence electrons. The van der Waals surface area contributed by atoms with Crippen LogP contribution in [0.25, 0.3) is 0 Å². The fourth-order valence-electron chi connectivity index (χ4n) is 3.41. The third-order valence-electron chi connectivity index (χ3n) is 4.75. The Bertz CT molecular complexity index is 1010. The van der Waals surface area contributed by atoms with Crippen molar-refractivity contribution in [1.29, 1.82) is 5.26 Å². The van der Waals surface area contributed by atoms with E-state index in [0.29, 0.717) is 36.2 Å². The Kier molecular flexibility index (Phi) is 7.12. The average molecular weight is 428 g/mol. The predicted molar refractivity (Wildman–Crippen MR) is 104 cm³/mol. The van der Waals surface area contributed by atoms with Crippen LogP contribution in [0.3, 0.4) is 0 Å². The summed E-state index contributed by atoms with van der Waals surface area (Å²) in [6.45, 7) is 2.65. The highest BCUT2D eigenvalue weighted by molar-refractivity contribution is 7.89. The maximum atomic E-state index is 13.6. The Morgan fingerprint density at radius 1 is 1.18 bits per heavy atom. The summed E-state index contributed by atoms with van der Waals surface area (Å²) in [6.07, 6.45) is 0.588. The molecule has 0 spiro atoms. The van der Waals surface area contributed by atoms with Crippen molar-refractivity contribution in [2.24, 2.45) is 0 Å². The second-order valence-electron chi connectivity index (χ2n) is 6.59. The average Bonchev–Trinajstić information content (AvgIpc) is 2.64. The van der Waals surface area contributed by atoms with E-state index in [9.17, 15) is 17.2 Å². The van der Waals surface area contributed by atoms with Crippen molar-refractivity contribution in [3.8, 4) is 6.07 Å². The number of nitriles is 1. The summed E-state index contributed by atoms with van der Waals surface area (Å²) < 4.78 is 55.3. The third-order valence-corrected chi connectivity index (χ3v) is 6.40. The van der Waals surface area contributed by atoms with E-state index in [-0.39, 0.29) is 23.2 Å². The smallest absolute Gasteiger partial charge is 0.241 e. The SMILES string of the molecule is Cc1cc(C#N)ccc1S(=O)(=O)NC1CNCCC1c1ccc(F)c(F)c1.Cl. The van der Waals surface area contributed by atoms with E-state index in [4.69, 9.17) is 5.26 Å². The number of nitrogens with one attached hydrogen (secondary N) is 2. The molecule has 0 aromatic heterocycles. The highest BCUT2D eigenvalue weighted by Crippen LogP contribution is 2.28. The molecular weight excluding hydrogens is 408 g/mol. The molecule has 3 rings (SSSR count). The van der Waals surface area contributed by atoms with Crippen LogP contribution < -0.4 is 10.0 Å². The largest absolute Gasteiger partial charge is 0.315 e. The van der Waals surface area contributed by atoms with Gasteiger partial charge in [0.25, 0.3) is 0 Å². The fraction of sp³-hybridized carbons (Fsp3) is 0.316. The first-order valence-corrected chi connectivity index (χ1v) is 9.99. The van der Waals surface area contributed by atoms with Crippen LogP contribution in [-0.2, 0) is 10.0 Å². The quantitative estimate of drug-likeness (QED) is 0.785. The van der Waals surface area contributed by atoms with Crippen molar-refractivity contribution in [1.82, 2.24) is 10.0 Å². The Hall–Kier alpha value is -2.05. The minimum absolute atomic E-state index is 0. The van der Waals surface area contributed by atoms with Gasteiger partial charge in [-0.3, -0.25) is 0 Å². The normalized spacial score (nSPS) is 19.5. The summed E-state index contributed by atoms with van der Waals surface area (Å²) in [5.74, 6) is -2.16. The number of sulfonamides is 1. The number of halogens is 3. The molecule has 0 radical (unpaired) electrons. The zero-order chi connectivity index (χ0) is 19.6. The second-order valence-corrected chi connectivity index (χ2v) is 8.28. The molecule has 1 aliphatic heterocycles. The topological polar surface area (TPSA) is 82.0 Å². The monoisotopic (exact) mass is 427 g/mol.